The molecule has 1 unspecified atom stereocenters. The fourth-order valence-electron chi connectivity index (χ4n) is 1.31. The molecule has 0 radical (unpaired) electrons. The van der Waals surface area contributed by atoms with Crippen molar-refractivity contribution in [3.63, 3.8) is 0 Å². The lowest BCUT2D eigenvalue weighted by molar-refractivity contribution is 0.531. The van der Waals surface area contributed by atoms with E-state index in [-0.39, 0.29) is 10.8 Å². The average Bonchev–Trinajstić information content (AvgIpc) is 2.57. The molecule has 1 aromatic heterocycles. The molecule has 6 heteroatoms. The predicted octanol–water partition coefficient (Wildman–Crippen LogP) is 1.40. The molecule has 1 aromatic rings. The minimum Gasteiger partial charge on any atom is -0.598 e. The molecule has 1 N–H and O–H groups in total. The van der Waals surface area contributed by atoms with Crippen LogP contribution in [0.2, 0.25) is 0 Å². The smallest absolute Gasteiger partial charge is 0.143 e. The predicted molar refractivity (Wildman–Crippen MR) is 67.4 cm³/mol. The van der Waals surface area contributed by atoms with Crippen LogP contribution in [0.25, 0.3) is 0 Å². The molecule has 0 amide bonds. The van der Waals surface area contributed by atoms with E-state index in [2.05, 4.69) is 15.9 Å². The van der Waals surface area contributed by atoms with Gasteiger partial charge in [0.25, 0.3) is 0 Å². The summed E-state index contributed by atoms with van der Waals surface area (Å²) in [7, 11) is 1.72. The molecule has 94 valence electrons. The Morgan fingerprint density at radius 3 is 2.65 bits per heavy atom. The van der Waals surface area contributed by atoms with Crippen LogP contribution in [0.5, 0.6) is 0 Å². The van der Waals surface area contributed by atoms with E-state index in [1.165, 1.54) is 4.68 Å². The van der Waals surface area contributed by atoms with Crippen molar-refractivity contribution in [2.75, 3.05) is 0 Å². The number of aryl methyl sites for hydroxylation is 1. The minimum absolute atomic E-state index is 0.168. The number of hydrogen-bond donors (Lipinski definition) is 1. The summed E-state index contributed by atoms with van der Waals surface area (Å²) >= 11 is -1.17. The summed E-state index contributed by atoms with van der Waals surface area (Å²) in [5.74, 6) is 0. The Bertz CT molecular complexity index is 430. The Morgan fingerprint density at radius 1 is 1.59 bits per heavy atom. The maximum absolute atomic E-state index is 11.9. The Balaban J connectivity index is 2.84. The van der Waals surface area contributed by atoms with Crippen LogP contribution >= 0.6 is 0 Å². The molecule has 0 aliphatic heterocycles. The zero-order valence-corrected chi connectivity index (χ0v) is 11.6. The van der Waals surface area contributed by atoms with Gasteiger partial charge in [0.2, 0.25) is 0 Å². The van der Waals surface area contributed by atoms with Crippen molar-refractivity contribution < 1.29 is 4.55 Å². The first kappa shape index (κ1) is 14.0. The van der Waals surface area contributed by atoms with Gasteiger partial charge in [0, 0.05) is 24.0 Å². The fraction of sp³-hybridized carbons (Fsp3) is 0.636. The highest BCUT2D eigenvalue weighted by Gasteiger charge is 2.29. The van der Waals surface area contributed by atoms with Crippen molar-refractivity contribution in [3.8, 4) is 6.07 Å². The molecule has 0 spiro atoms. The Kier molecular flexibility index (Phi) is 4.20. The number of nitrogens with zero attached hydrogens (tertiary/aromatic N) is 3. The van der Waals surface area contributed by atoms with Crippen LogP contribution in [0.15, 0.2) is 6.20 Å². The topological polar surface area (TPSA) is 76.7 Å². The molecule has 2 atom stereocenters. The van der Waals surface area contributed by atoms with Crippen LogP contribution in [0.1, 0.15) is 45.0 Å². The van der Waals surface area contributed by atoms with Crippen molar-refractivity contribution in [1.29, 1.82) is 5.26 Å². The summed E-state index contributed by atoms with van der Waals surface area (Å²) in [4.78, 5) is 0. The third kappa shape index (κ3) is 3.22. The summed E-state index contributed by atoms with van der Waals surface area (Å²) in [5.41, 5.74) is 1.27. The highest BCUT2D eigenvalue weighted by atomic mass is 32.2. The van der Waals surface area contributed by atoms with Crippen molar-refractivity contribution >= 4 is 11.4 Å². The van der Waals surface area contributed by atoms with Gasteiger partial charge in [-0.05, 0) is 27.7 Å². The van der Waals surface area contributed by atoms with E-state index >= 15 is 0 Å². The van der Waals surface area contributed by atoms with Crippen LogP contribution < -0.4 is 4.72 Å². The van der Waals surface area contributed by atoms with Gasteiger partial charge in [0.05, 0.1) is 12.2 Å². The monoisotopic (exact) mass is 254 g/mol. The van der Waals surface area contributed by atoms with Crippen molar-refractivity contribution in [1.82, 2.24) is 14.5 Å². The maximum atomic E-state index is 11.9. The summed E-state index contributed by atoms with van der Waals surface area (Å²) < 4.78 is 16.1. The van der Waals surface area contributed by atoms with Crippen LogP contribution in [0, 0.1) is 11.3 Å². The SMILES string of the molecule is C[C@@H](N[S+]([O-])C(C)(C)C)c1cnn(C)c1C#N. The maximum Gasteiger partial charge on any atom is 0.143 e. The lowest BCUT2D eigenvalue weighted by Gasteiger charge is -2.26. The van der Waals surface area contributed by atoms with E-state index in [0.29, 0.717) is 5.69 Å². The molecule has 17 heavy (non-hydrogen) atoms. The number of hydrogen-bond acceptors (Lipinski definition) is 4. The molecule has 0 saturated heterocycles. The first-order valence-corrected chi connectivity index (χ1v) is 6.52. The van der Waals surface area contributed by atoms with E-state index in [4.69, 9.17) is 5.26 Å². The van der Waals surface area contributed by atoms with E-state index in [1.807, 2.05) is 27.7 Å². The normalized spacial score (nSPS) is 15.4. The Labute approximate surface area is 105 Å². The largest absolute Gasteiger partial charge is 0.598 e. The van der Waals surface area contributed by atoms with Crippen LogP contribution in [-0.4, -0.2) is 19.1 Å². The van der Waals surface area contributed by atoms with Gasteiger partial charge in [-0.2, -0.15) is 10.4 Å². The van der Waals surface area contributed by atoms with Crippen LogP contribution in [0.4, 0.5) is 0 Å². The molecule has 0 aliphatic rings. The van der Waals surface area contributed by atoms with Crippen LogP contribution in [-0.2, 0) is 18.4 Å². The van der Waals surface area contributed by atoms with Crippen molar-refractivity contribution in [3.05, 3.63) is 17.5 Å². The first-order valence-electron chi connectivity index (χ1n) is 5.37. The lowest BCUT2D eigenvalue weighted by atomic mass is 10.1. The highest BCUT2D eigenvalue weighted by Crippen LogP contribution is 2.21. The molecular formula is C11H18N4OS. The second-order valence-electron chi connectivity index (χ2n) is 4.90. The van der Waals surface area contributed by atoms with Crippen LogP contribution in [0.3, 0.4) is 0 Å². The van der Waals surface area contributed by atoms with Gasteiger partial charge < -0.3 is 4.55 Å². The molecule has 0 saturated carbocycles. The summed E-state index contributed by atoms with van der Waals surface area (Å²) in [6, 6.07) is 1.93. The average molecular weight is 254 g/mol. The Hall–Kier alpha value is -1.03. The molecule has 0 aliphatic carbocycles. The quantitative estimate of drug-likeness (QED) is 0.827. The van der Waals surface area contributed by atoms with Gasteiger partial charge in [-0.25, -0.2) is 0 Å². The molecule has 1 heterocycles. The van der Waals surface area contributed by atoms with E-state index in [1.54, 1.807) is 13.2 Å². The van der Waals surface area contributed by atoms with Gasteiger partial charge in [0.15, 0.2) is 0 Å². The molecule has 0 fully saturated rings. The third-order valence-electron chi connectivity index (χ3n) is 2.38. The fourth-order valence-corrected chi connectivity index (χ4v) is 2.11. The number of nitrogens with one attached hydrogen (secondary N) is 1. The molecular weight excluding hydrogens is 236 g/mol. The second kappa shape index (κ2) is 5.08. The van der Waals surface area contributed by atoms with Gasteiger partial charge >= 0.3 is 0 Å². The van der Waals surface area contributed by atoms with E-state index in [9.17, 15) is 4.55 Å². The zero-order valence-electron chi connectivity index (χ0n) is 10.8. The van der Waals surface area contributed by atoms with Crippen molar-refractivity contribution in [2.45, 2.75) is 38.5 Å². The van der Waals surface area contributed by atoms with E-state index in [0.717, 1.165) is 5.56 Å². The molecule has 0 bridgehead atoms. The molecule has 5 nitrogen and oxygen atoms in total. The first-order chi connectivity index (χ1) is 7.77. The van der Waals surface area contributed by atoms with Crippen molar-refractivity contribution in [2.24, 2.45) is 7.05 Å². The Morgan fingerprint density at radius 2 is 2.18 bits per heavy atom. The standard InChI is InChI=1S/C11H18N4OS/c1-8(14-17(16)11(2,3)4)9-7-13-15(5)10(9)6-12/h7-8,14H,1-5H3/t8-,17?/m1/s1. The second-order valence-corrected chi connectivity index (χ2v) is 6.90. The number of aromatic nitrogens is 2. The zero-order chi connectivity index (χ0) is 13.2. The van der Waals surface area contributed by atoms with Gasteiger partial charge in [-0.3, -0.25) is 4.68 Å². The van der Waals surface area contributed by atoms with Gasteiger partial charge in [-0.15, -0.1) is 4.72 Å². The molecule has 0 aromatic carbocycles. The third-order valence-corrected chi connectivity index (χ3v) is 4.06. The summed E-state index contributed by atoms with van der Waals surface area (Å²) in [5, 5.41) is 13.0. The van der Waals surface area contributed by atoms with Gasteiger partial charge in [-0.1, -0.05) is 0 Å². The number of rotatable bonds is 3. The highest BCUT2D eigenvalue weighted by molar-refractivity contribution is 7.90. The van der Waals surface area contributed by atoms with E-state index < -0.39 is 11.4 Å². The molecule has 1 rings (SSSR count). The minimum atomic E-state index is -1.17. The van der Waals surface area contributed by atoms with Gasteiger partial charge in [0.1, 0.15) is 16.5 Å². The summed E-state index contributed by atoms with van der Waals surface area (Å²) in [6.07, 6.45) is 1.64. The number of nitriles is 1. The summed E-state index contributed by atoms with van der Waals surface area (Å²) in [6.45, 7) is 7.58. The lowest BCUT2D eigenvalue weighted by Crippen LogP contribution is -2.40.